The van der Waals surface area contributed by atoms with E-state index in [1.54, 1.807) is 7.11 Å². The van der Waals surface area contributed by atoms with Gasteiger partial charge in [0.2, 0.25) is 27.7 Å². The molecule has 5 atom stereocenters. The smallest absolute Gasteiger partial charge is 0.407 e. The number of carbonyl (C=O) groups excluding carboxylic acids is 4. The molecule has 2 aliphatic heterocycles. The number of aromatic nitrogens is 1. The second kappa shape index (κ2) is 16.2. The fraction of sp³-hybridized carbons (Fsp3) is 0.659. The zero-order valence-electron chi connectivity index (χ0n) is 34.8. The monoisotopic (exact) mass is 833 g/mol. The van der Waals surface area contributed by atoms with E-state index in [0.29, 0.717) is 37.3 Å². The number of alkyl carbamates (subject to hydrolysis) is 1. The molecule has 4 aliphatic carbocycles. The Morgan fingerprint density at radius 1 is 1.03 bits per heavy atom. The van der Waals surface area contributed by atoms with Gasteiger partial charge in [-0.3, -0.25) is 19.1 Å². The third-order valence-electron chi connectivity index (χ3n) is 13.5. The summed E-state index contributed by atoms with van der Waals surface area (Å²) in [5.74, 6) is -1.07. The summed E-state index contributed by atoms with van der Waals surface area (Å²) in [5.41, 5.74) is 1.09. The number of carbonyl (C=O) groups is 4. The van der Waals surface area contributed by atoms with Gasteiger partial charge in [0.15, 0.2) is 0 Å². The predicted molar refractivity (Wildman–Crippen MR) is 221 cm³/mol. The van der Waals surface area contributed by atoms with Crippen LogP contribution in [0.15, 0.2) is 18.2 Å². The molecule has 1 aromatic carbocycles. The summed E-state index contributed by atoms with van der Waals surface area (Å²) in [6.45, 7) is 6.05. The quantitative estimate of drug-likeness (QED) is 0.308. The second-order valence-electron chi connectivity index (χ2n) is 18.5. The van der Waals surface area contributed by atoms with Crippen molar-refractivity contribution in [3.05, 3.63) is 35.0 Å². The van der Waals surface area contributed by atoms with Crippen LogP contribution >= 0.6 is 0 Å². The lowest BCUT2D eigenvalue weighted by atomic mass is 9.83. The highest BCUT2D eigenvalue weighted by Gasteiger charge is 2.62. The summed E-state index contributed by atoms with van der Waals surface area (Å²) in [6, 6.07) is 2.04. The van der Waals surface area contributed by atoms with E-state index in [-0.39, 0.29) is 37.8 Å². The number of methoxy groups -OCH3 is 1. The number of sulfonamides is 1. The summed E-state index contributed by atoms with van der Waals surface area (Å²) in [5, 5.41) is 7.07. The van der Waals surface area contributed by atoms with E-state index >= 15 is 4.79 Å². The van der Waals surface area contributed by atoms with Crippen LogP contribution in [-0.4, -0.2) is 91.4 Å². The highest BCUT2D eigenvalue weighted by Crippen LogP contribution is 2.47. The molecule has 1 aromatic heterocycles. The number of amides is 4. The first kappa shape index (κ1) is 41.3. The number of nitrogens with one attached hydrogen (secondary N) is 3. The summed E-state index contributed by atoms with van der Waals surface area (Å²) in [6.07, 6.45) is 13.2. The molecule has 3 N–H and O–H groups in total. The van der Waals surface area contributed by atoms with Crippen molar-refractivity contribution in [1.82, 2.24) is 25.2 Å². The van der Waals surface area contributed by atoms with Crippen LogP contribution in [0.1, 0.15) is 121 Å². The number of allylic oxidation sites excluding steroid dienone is 1. The number of cyclic esters (lactones) is 1. The van der Waals surface area contributed by atoms with Gasteiger partial charge in [-0.05, 0) is 99.1 Å². The number of benzene rings is 1. The molecule has 8 rings (SSSR count). The van der Waals surface area contributed by atoms with E-state index in [0.717, 1.165) is 79.8 Å². The van der Waals surface area contributed by atoms with Crippen LogP contribution in [-0.2, 0) is 42.0 Å². The molecule has 1 saturated heterocycles. The average molecular weight is 834 g/mol. The zero-order valence-corrected chi connectivity index (χ0v) is 35.6. The summed E-state index contributed by atoms with van der Waals surface area (Å²) < 4.78 is 46.5. The standard InChI is InChI=1S/C44H59N5O9S/c1-5-28-23-44(28,41(52)48-59(54,55)30-17-18-30)47-38(50)35-21-29-24-49(35)40(51)37(26-12-7-6-8-13-26)46-42(53)57-25-43(2,3)19-11-14-27-20-33-32(22-36(27)56-4)31-15-9-10-16-34(31)45-39(33)58-29/h11,14,20,22,26,28-30,35,37H,5-10,12-13,15-19,21,23-25H2,1-4H3,(H,46,53)(H,47,50)(H,48,52)/b14-11+/t28-,29-,35+,37+,44-/m1/s1. The Bertz CT molecular complexity index is 2150. The maximum atomic E-state index is 15.0. The molecule has 6 aliphatic rings. The Balaban J connectivity index is 1.18. The molecule has 4 bridgehead atoms. The lowest BCUT2D eigenvalue weighted by Gasteiger charge is -2.35. The van der Waals surface area contributed by atoms with Crippen LogP contribution in [0, 0.1) is 17.3 Å². The molecular formula is C44H59N5O9S. The average Bonchev–Trinajstić information content (AvgIpc) is 4.15. The Morgan fingerprint density at radius 2 is 1.80 bits per heavy atom. The molecule has 0 spiro atoms. The Hall–Kier alpha value is -4.40. The maximum absolute atomic E-state index is 15.0. The van der Waals surface area contributed by atoms with Crippen molar-refractivity contribution in [3.63, 3.8) is 0 Å². The van der Waals surface area contributed by atoms with Gasteiger partial charge in [-0.1, -0.05) is 58.6 Å². The molecule has 14 nitrogen and oxygen atoms in total. The molecule has 2 aromatic rings. The molecule has 59 heavy (non-hydrogen) atoms. The summed E-state index contributed by atoms with van der Waals surface area (Å²) in [7, 11) is -2.22. The largest absolute Gasteiger partial charge is 0.496 e. The molecule has 3 heterocycles. The molecule has 320 valence electrons. The van der Waals surface area contributed by atoms with Crippen LogP contribution in [0.3, 0.4) is 0 Å². The predicted octanol–water partition coefficient (Wildman–Crippen LogP) is 5.48. The molecular weight excluding hydrogens is 775 g/mol. The highest BCUT2D eigenvalue weighted by molar-refractivity contribution is 7.91. The number of hydrogen-bond donors (Lipinski definition) is 3. The van der Waals surface area contributed by atoms with E-state index in [1.165, 1.54) is 10.5 Å². The van der Waals surface area contributed by atoms with Crippen LogP contribution in [0.2, 0.25) is 0 Å². The number of hydrogen-bond acceptors (Lipinski definition) is 10. The van der Waals surface area contributed by atoms with Crippen molar-refractivity contribution in [2.45, 2.75) is 146 Å². The van der Waals surface area contributed by atoms with Crippen molar-refractivity contribution in [1.29, 1.82) is 0 Å². The van der Waals surface area contributed by atoms with Gasteiger partial charge < -0.3 is 29.7 Å². The number of fused-ring (bicyclic) bond motifs is 5. The fourth-order valence-corrected chi connectivity index (χ4v) is 11.1. The van der Waals surface area contributed by atoms with Gasteiger partial charge in [-0.25, -0.2) is 18.2 Å². The summed E-state index contributed by atoms with van der Waals surface area (Å²) >= 11 is 0. The molecule has 0 unspecified atom stereocenters. The topological polar surface area (TPSA) is 182 Å². The number of ether oxygens (including phenoxy) is 3. The van der Waals surface area contributed by atoms with Crippen LogP contribution < -0.4 is 24.8 Å². The fourth-order valence-electron chi connectivity index (χ4n) is 9.75. The van der Waals surface area contributed by atoms with E-state index in [1.807, 2.05) is 45.1 Å². The lowest BCUT2D eigenvalue weighted by Crippen LogP contribution is -2.59. The van der Waals surface area contributed by atoms with Gasteiger partial charge in [0, 0.05) is 28.5 Å². The van der Waals surface area contributed by atoms with Crippen LogP contribution in [0.4, 0.5) is 4.79 Å². The van der Waals surface area contributed by atoms with Gasteiger partial charge >= 0.3 is 6.09 Å². The van der Waals surface area contributed by atoms with Crippen LogP contribution in [0.25, 0.3) is 16.8 Å². The number of pyridine rings is 1. The SMILES string of the molecule is CC[C@@H]1C[C@]1(NC(=O)[C@@H]1C[C@@H]2CN1C(=O)[C@H](C1CCCCC1)NC(=O)OCC(C)(C)C/C=C/c1cc3c(nc4c(c3cc1OC)CCCC4)O2)C(=O)NS(=O)(=O)C1CC1. The lowest BCUT2D eigenvalue weighted by molar-refractivity contribution is -0.142. The molecule has 4 amide bonds. The first-order chi connectivity index (χ1) is 28.2. The Morgan fingerprint density at radius 3 is 2.51 bits per heavy atom. The third-order valence-corrected chi connectivity index (χ3v) is 15.3. The molecule has 4 fully saturated rings. The second-order valence-corrected chi connectivity index (χ2v) is 20.4. The maximum Gasteiger partial charge on any atom is 0.407 e. The third kappa shape index (κ3) is 8.50. The number of aryl methyl sites for hydroxylation is 2. The van der Waals surface area contributed by atoms with Gasteiger partial charge in [0.25, 0.3) is 5.91 Å². The Kier molecular flexibility index (Phi) is 11.4. The van der Waals surface area contributed by atoms with Crippen molar-refractivity contribution in [3.8, 4) is 11.6 Å². The van der Waals surface area contributed by atoms with Crippen molar-refractivity contribution < 1.29 is 41.8 Å². The minimum absolute atomic E-state index is 0.0273. The minimum Gasteiger partial charge on any atom is -0.496 e. The molecule has 15 heteroatoms. The van der Waals surface area contributed by atoms with E-state index < -0.39 is 68.2 Å². The van der Waals surface area contributed by atoms with Gasteiger partial charge in [-0.2, -0.15) is 0 Å². The first-order valence-corrected chi connectivity index (χ1v) is 23.2. The van der Waals surface area contributed by atoms with Crippen LogP contribution in [0.5, 0.6) is 11.6 Å². The van der Waals surface area contributed by atoms with Crippen molar-refractivity contribution in [2.75, 3.05) is 20.3 Å². The molecule has 0 radical (unpaired) electrons. The number of nitrogens with zero attached hydrogens (tertiary/aromatic N) is 2. The normalized spacial score (nSPS) is 29.3. The summed E-state index contributed by atoms with van der Waals surface area (Å²) in [4.78, 5) is 63.6. The number of rotatable bonds is 8. The molecule has 3 saturated carbocycles. The van der Waals surface area contributed by atoms with Crippen molar-refractivity contribution >= 4 is 50.7 Å². The highest BCUT2D eigenvalue weighted by atomic mass is 32.2. The van der Waals surface area contributed by atoms with E-state index in [9.17, 15) is 22.8 Å². The first-order valence-electron chi connectivity index (χ1n) is 21.7. The zero-order chi connectivity index (χ0) is 41.7. The van der Waals surface area contributed by atoms with Gasteiger partial charge in [0.1, 0.15) is 29.5 Å². The Labute approximate surface area is 347 Å². The van der Waals surface area contributed by atoms with Gasteiger partial charge in [-0.15, -0.1) is 0 Å². The van der Waals surface area contributed by atoms with E-state index in [2.05, 4.69) is 15.4 Å². The minimum atomic E-state index is -3.87. The van der Waals surface area contributed by atoms with E-state index in [4.69, 9.17) is 19.2 Å². The van der Waals surface area contributed by atoms with Crippen molar-refractivity contribution in [2.24, 2.45) is 17.3 Å². The van der Waals surface area contributed by atoms with Gasteiger partial charge in [0.05, 0.1) is 25.5 Å².